The Balaban J connectivity index is 0. The van der Waals surface area contributed by atoms with Gasteiger partial charge in [-0.15, -0.1) is 6.58 Å². The molecule has 0 aliphatic heterocycles. The van der Waals surface area contributed by atoms with Crippen LogP contribution in [0.3, 0.4) is 0 Å². The molecule has 0 spiro atoms. The van der Waals surface area contributed by atoms with Gasteiger partial charge in [0.15, 0.2) is 0 Å². The van der Waals surface area contributed by atoms with Crippen LogP contribution in [0.1, 0.15) is 6.92 Å². The first-order valence-electron chi connectivity index (χ1n) is 2.68. The lowest BCUT2D eigenvalue weighted by molar-refractivity contribution is 0.178. The van der Waals surface area contributed by atoms with E-state index in [1.165, 1.54) is 7.05 Å². The van der Waals surface area contributed by atoms with Crippen molar-refractivity contribution in [2.75, 3.05) is 20.3 Å². The van der Waals surface area contributed by atoms with Gasteiger partial charge in [-0.3, -0.25) is 0 Å². The molecule has 0 aliphatic carbocycles. The quantitative estimate of drug-likeness (QED) is 0.438. The number of hydrogen-bond acceptors (Lipinski definition) is 2. The standard InChI is InChI=1S/C5H10O.CH5N/c1-3-5-6-4-2;1-2/h3H,1,4-5H2,2H3;2H2,1H3. The van der Waals surface area contributed by atoms with E-state index in [0.29, 0.717) is 6.61 Å². The van der Waals surface area contributed by atoms with Crippen molar-refractivity contribution in [2.45, 2.75) is 6.92 Å². The molecular formula is C6H15NO. The van der Waals surface area contributed by atoms with Gasteiger partial charge in [-0.05, 0) is 14.0 Å². The van der Waals surface area contributed by atoms with E-state index < -0.39 is 0 Å². The molecule has 2 heteroatoms. The smallest absolute Gasteiger partial charge is 0.0644 e. The van der Waals surface area contributed by atoms with Crippen molar-refractivity contribution in [2.24, 2.45) is 5.73 Å². The van der Waals surface area contributed by atoms with Crippen molar-refractivity contribution < 1.29 is 4.74 Å². The van der Waals surface area contributed by atoms with Crippen LogP contribution >= 0.6 is 0 Å². The summed E-state index contributed by atoms with van der Waals surface area (Å²) in [5, 5.41) is 0. The van der Waals surface area contributed by atoms with Gasteiger partial charge < -0.3 is 10.5 Å². The van der Waals surface area contributed by atoms with Gasteiger partial charge in [-0.2, -0.15) is 0 Å². The minimum absolute atomic E-state index is 0.677. The highest BCUT2D eigenvalue weighted by molar-refractivity contribution is 4.62. The average Bonchev–Trinajstić information content (AvgIpc) is 1.88. The summed E-state index contributed by atoms with van der Waals surface area (Å²) in [5.74, 6) is 0. The topological polar surface area (TPSA) is 35.2 Å². The van der Waals surface area contributed by atoms with Crippen molar-refractivity contribution in [1.82, 2.24) is 0 Å². The van der Waals surface area contributed by atoms with Gasteiger partial charge in [0.1, 0.15) is 0 Å². The highest BCUT2D eigenvalue weighted by Crippen LogP contribution is 1.69. The fraction of sp³-hybridized carbons (Fsp3) is 0.667. The molecule has 2 nitrogen and oxygen atoms in total. The van der Waals surface area contributed by atoms with E-state index in [-0.39, 0.29) is 0 Å². The van der Waals surface area contributed by atoms with Crippen LogP contribution in [0.15, 0.2) is 12.7 Å². The second-order valence-corrected chi connectivity index (χ2v) is 0.948. The van der Waals surface area contributed by atoms with Crippen LogP contribution in [-0.4, -0.2) is 20.3 Å². The summed E-state index contributed by atoms with van der Waals surface area (Å²) in [6.45, 7) is 6.90. The van der Waals surface area contributed by atoms with E-state index in [1.807, 2.05) is 6.92 Å². The minimum atomic E-state index is 0.677. The van der Waals surface area contributed by atoms with Crippen LogP contribution in [0.2, 0.25) is 0 Å². The number of hydrogen-bond donors (Lipinski definition) is 1. The maximum absolute atomic E-state index is 4.86. The van der Waals surface area contributed by atoms with Crippen LogP contribution < -0.4 is 5.73 Å². The highest BCUT2D eigenvalue weighted by Gasteiger charge is 1.67. The zero-order chi connectivity index (χ0) is 6.83. The predicted molar refractivity (Wildman–Crippen MR) is 36.8 cm³/mol. The monoisotopic (exact) mass is 117 g/mol. The Morgan fingerprint density at radius 2 is 2.12 bits per heavy atom. The number of nitrogens with two attached hydrogens (primary N) is 1. The Kier molecular flexibility index (Phi) is 21.1. The molecule has 2 N–H and O–H groups in total. The van der Waals surface area contributed by atoms with E-state index in [9.17, 15) is 0 Å². The van der Waals surface area contributed by atoms with E-state index in [0.717, 1.165) is 6.61 Å². The molecule has 0 saturated carbocycles. The lowest BCUT2D eigenvalue weighted by Gasteiger charge is -1.88. The van der Waals surface area contributed by atoms with Gasteiger partial charge in [0.25, 0.3) is 0 Å². The summed E-state index contributed by atoms with van der Waals surface area (Å²) in [4.78, 5) is 0. The fourth-order valence-electron chi connectivity index (χ4n) is 0.201. The molecule has 0 aliphatic rings. The first kappa shape index (κ1) is 10.6. The van der Waals surface area contributed by atoms with E-state index in [4.69, 9.17) is 4.74 Å². The first-order chi connectivity index (χ1) is 3.91. The third-order valence-corrected chi connectivity index (χ3v) is 0.440. The van der Waals surface area contributed by atoms with Crippen molar-refractivity contribution >= 4 is 0 Å². The SMILES string of the molecule is C=CCOCC.CN. The first-order valence-corrected chi connectivity index (χ1v) is 2.68. The third-order valence-electron chi connectivity index (χ3n) is 0.440. The normalized spacial score (nSPS) is 6.88. The predicted octanol–water partition coefficient (Wildman–Crippen LogP) is 0.784. The Labute approximate surface area is 51.3 Å². The molecule has 0 atom stereocenters. The molecule has 0 rings (SSSR count). The Bertz CT molecular complexity index is 37.5. The van der Waals surface area contributed by atoms with Gasteiger partial charge in [0, 0.05) is 6.61 Å². The zero-order valence-corrected chi connectivity index (χ0v) is 5.68. The Morgan fingerprint density at radius 3 is 2.25 bits per heavy atom. The Morgan fingerprint density at radius 1 is 1.62 bits per heavy atom. The van der Waals surface area contributed by atoms with Crippen molar-refractivity contribution in [3.05, 3.63) is 12.7 Å². The molecule has 8 heavy (non-hydrogen) atoms. The minimum Gasteiger partial charge on any atom is -0.378 e. The largest absolute Gasteiger partial charge is 0.378 e. The summed E-state index contributed by atoms with van der Waals surface area (Å²) in [6, 6.07) is 0. The molecular weight excluding hydrogens is 102 g/mol. The van der Waals surface area contributed by atoms with E-state index >= 15 is 0 Å². The van der Waals surface area contributed by atoms with Crippen molar-refractivity contribution in [1.29, 1.82) is 0 Å². The Hall–Kier alpha value is -0.340. The number of ether oxygens (including phenoxy) is 1. The van der Waals surface area contributed by atoms with Crippen LogP contribution in [0.25, 0.3) is 0 Å². The molecule has 0 aromatic carbocycles. The molecule has 0 amide bonds. The lowest BCUT2D eigenvalue weighted by Crippen LogP contribution is -1.86. The molecule has 0 heterocycles. The number of rotatable bonds is 3. The fourth-order valence-corrected chi connectivity index (χ4v) is 0.201. The van der Waals surface area contributed by atoms with Crippen molar-refractivity contribution in [3.8, 4) is 0 Å². The van der Waals surface area contributed by atoms with Crippen LogP contribution in [0.4, 0.5) is 0 Å². The summed E-state index contributed by atoms with van der Waals surface area (Å²) in [5.41, 5.74) is 4.50. The molecule has 0 fully saturated rings. The summed E-state index contributed by atoms with van der Waals surface area (Å²) < 4.78 is 4.86. The molecule has 0 bridgehead atoms. The maximum atomic E-state index is 4.86. The molecule has 0 aromatic rings. The van der Waals surface area contributed by atoms with Gasteiger partial charge in [0.05, 0.1) is 6.61 Å². The maximum Gasteiger partial charge on any atom is 0.0644 e. The summed E-state index contributed by atoms with van der Waals surface area (Å²) in [6.07, 6.45) is 1.74. The van der Waals surface area contributed by atoms with E-state index in [1.54, 1.807) is 6.08 Å². The van der Waals surface area contributed by atoms with Crippen molar-refractivity contribution in [3.63, 3.8) is 0 Å². The van der Waals surface area contributed by atoms with Crippen LogP contribution in [0, 0.1) is 0 Å². The summed E-state index contributed by atoms with van der Waals surface area (Å²) >= 11 is 0. The molecule has 0 unspecified atom stereocenters. The average molecular weight is 117 g/mol. The zero-order valence-electron chi connectivity index (χ0n) is 5.68. The third kappa shape index (κ3) is 17.4. The molecule has 0 radical (unpaired) electrons. The second kappa shape index (κ2) is 15.9. The molecule has 0 aromatic heterocycles. The molecule has 50 valence electrons. The van der Waals surface area contributed by atoms with Gasteiger partial charge in [0.2, 0.25) is 0 Å². The second-order valence-electron chi connectivity index (χ2n) is 0.948. The van der Waals surface area contributed by atoms with E-state index in [2.05, 4.69) is 12.3 Å². The van der Waals surface area contributed by atoms with Gasteiger partial charge in [-0.25, -0.2) is 0 Å². The highest BCUT2D eigenvalue weighted by atomic mass is 16.5. The van der Waals surface area contributed by atoms with Crippen LogP contribution in [-0.2, 0) is 4.74 Å². The summed E-state index contributed by atoms with van der Waals surface area (Å²) in [7, 11) is 1.50. The van der Waals surface area contributed by atoms with Gasteiger partial charge in [-0.1, -0.05) is 6.08 Å². The van der Waals surface area contributed by atoms with Gasteiger partial charge >= 0.3 is 0 Å². The molecule has 0 saturated heterocycles. The lowest BCUT2D eigenvalue weighted by atomic mass is 10.7. The van der Waals surface area contributed by atoms with Crippen LogP contribution in [0.5, 0.6) is 0 Å².